The summed E-state index contributed by atoms with van der Waals surface area (Å²) in [4.78, 5) is 25.4. The first-order chi connectivity index (χ1) is 16.3. The van der Waals surface area contributed by atoms with Crippen LogP contribution in [-0.2, 0) is 22.3 Å². The van der Waals surface area contributed by atoms with E-state index in [-0.39, 0.29) is 33.6 Å². The number of hydrogen-bond acceptors (Lipinski definition) is 7. The van der Waals surface area contributed by atoms with Crippen LogP contribution < -0.4 is 10.2 Å². The van der Waals surface area contributed by atoms with Crippen molar-refractivity contribution in [1.82, 2.24) is 14.9 Å². The van der Waals surface area contributed by atoms with Gasteiger partial charge in [-0.1, -0.05) is 40.3 Å². The summed E-state index contributed by atoms with van der Waals surface area (Å²) < 4.78 is 23.3. The van der Waals surface area contributed by atoms with Crippen LogP contribution in [0.5, 0.6) is 0 Å². The van der Waals surface area contributed by atoms with Crippen LogP contribution in [0.4, 0.5) is 20.7 Å². The second-order valence-corrected chi connectivity index (χ2v) is 8.71. The smallest absolute Gasteiger partial charge is 0.409 e. The SMILES string of the molecule is C.C.CCc1nc(-c2ccc(N(C)C)cc2Cl)c(CC)nc1N[C@@H]1CN(C(=O)OC)C[C@@H]1OCCF. The summed E-state index contributed by atoms with van der Waals surface area (Å²) in [5.41, 5.74) is 4.18. The van der Waals surface area contributed by atoms with E-state index in [1.54, 1.807) is 4.90 Å². The molecule has 1 aromatic heterocycles. The molecule has 2 heterocycles. The molecule has 1 aliphatic heterocycles. The Bertz CT molecular complexity index is 1010. The monoisotopic (exact) mass is 525 g/mol. The number of halogens is 2. The number of benzene rings is 1. The van der Waals surface area contributed by atoms with E-state index in [9.17, 15) is 9.18 Å². The number of carbonyl (C=O) groups excluding carboxylic acids is 1. The Morgan fingerprint density at radius 1 is 1.19 bits per heavy atom. The third-order valence-electron chi connectivity index (χ3n) is 5.86. The lowest BCUT2D eigenvalue weighted by Crippen LogP contribution is -2.36. The molecule has 1 fully saturated rings. The van der Waals surface area contributed by atoms with E-state index in [0.717, 1.165) is 28.3 Å². The van der Waals surface area contributed by atoms with Gasteiger partial charge in [-0.15, -0.1) is 0 Å². The van der Waals surface area contributed by atoms with Gasteiger partial charge in [0.05, 0.1) is 54.5 Å². The lowest BCUT2D eigenvalue weighted by molar-refractivity contribution is 0.0443. The predicted octanol–water partition coefficient (Wildman–Crippen LogP) is 5.48. The fraction of sp³-hybridized carbons (Fsp3) is 0.577. The number of rotatable bonds is 9. The molecule has 10 heteroatoms. The summed E-state index contributed by atoms with van der Waals surface area (Å²) in [6.07, 6.45) is 0.468. The highest BCUT2D eigenvalue weighted by atomic mass is 35.5. The minimum atomic E-state index is -0.594. The average molecular weight is 526 g/mol. The molecule has 202 valence electrons. The second kappa shape index (κ2) is 14.2. The van der Waals surface area contributed by atoms with E-state index in [2.05, 4.69) is 5.32 Å². The molecular weight excluding hydrogens is 485 g/mol. The number of amides is 1. The zero-order chi connectivity index (χ0) is 24.8. The van der Waals surface area contributed by atoms with Crippen LogP contribution in [0.25, 0.3) is 11.3 Å². The minimum absolute atomic E-state index is 0. The van der Waals surface area contributed by atoms with Gasteiger partial charge in [0.25, 0.3) is 0 Å². The van der Waals surface area contributed by atoms with Crippen LogP contribution in [0, 0.1) is 0 Å². The number of nitrogens with zero attached hydrogens (tertiary/aromatic N) is 4. The first-order valence-electron chi connectivity index (χ1n) is 11.5. The van der Waals surface area contributed by atoms with E-state index < -0.39 is 12.8 Å². The Hall–Kier alpha value is -2.65. The third kappa shape index (κ3) is 6.97. The molecule has 0 saturated carbocycles. The number of ether oxygens (including phenoxy) is 2. The summed E-state index contributed by atoms with van der Waals surface area (Å²) in [7, 11) is 5.27. The van der Waals surface area contributed by atoms with Crippen LogP contribution in [0.2, 0.25) is 5.02 Å². The lowest BCUT2D eigenvalue weighted by atomic mass is 10.1. The number of likely N-dealkylation sites (tertiary alicyclic amines) is 1. The molecule has 0 aliphatic carbocycles. The second-order valence-electron chi connectivity index (χ2n) is 8.30. The van der Waals surface area contributed by atoms with Gasteiger partial charge in [-0.2, -0.15) is 0 Å². The molecule has 3 rings (SSSR count). The van der Waals surface area contributed by atoms with Crippen LogP contribution in [0.1, 0.15) is 40.1 Å². The molecule has 1 saturated heterocycles. The molecule has 0 spiro atoms. The quantitative estimate of drug-likeness (QED) is 0.464. The van der Waals surface area contributed by atoms with Crippen molar-refractivity contribution >= 4 is 29.2 Å². The summed E-state index contributed by atoms with van der Waals surface area (Å²) in [6, 6.07) is 5.62. The van der Waals surface area contributed by atoms with E-state index in [1.807, 2.05) is 51.0 Å². The number of anilines is 2. The highest BCUT2D eigenvalue weighted by Gasteiger charge is 2.37. The molecular formula is C26H41ClFN5O3. The van der Waals surface area contributed by atoms with Crippen molar-refractivity contribution in [1.29, 1.82) is 0 Å². The molecule has 0 unspecified atom stereocenters. The Morgan fingerprint density at radius 2 is 1.89 bits per heavy atom. The summed E-state index contributed by atoms with van der Waals surface area (Å²) in [5, 5.41) is 4.02. The number of hydrogen-bond donors (Lipinski definition) is 1. The number of nitrogens with one attached hydrogen (secondary N) is 1. The zero-order valence-electron chi connectivity index (χ0n) is 20.4. The van der Waals surface area contributed by atoms with Gasteiger partial charge in [0.2, 0.25) is 0 Å². The van der Waals surface area contributed by atoms with Gasteiger partial charge in [0, 0.05) is 31.9 Å². The largest absolute Gasteiger partial charge is 0.453 e. The Labute approximate surface area is 220 Å². The molecule has 1 aromatic carbocycles. The minimum Gasteiger partial charge on any atom is -0.453 e. The normalized spacial score (nSPS) is 16.7. The summed E-state index contributed by atoms with van der Waals surface area (Å²) >= 11 is 6.63. The van der Waals surface area contributed by atoms with Gasteiger partial charge < -0.3 is 24.6 Å². The van der Waals surface area contributed by atoms with Crippen molar-refractivity contribution < 1.29 is 18.7 Å². The number of alkyl halides is 1. The Morgan fingerprint density at radius 3 is 2.44 bits per heavy atom. The van der Waals surface area contributed by atoms with E-state index in [4.69, 9.17) is 31.0 Å². The van der Waals surface area contributed by atoms with E-state index in [1.165, 1.54) is 7.11 Å². The van der Waals surface area contributed by atoms with Gasteiger partial charge >= 0.3 is 6.09 Å². The molecule has 1 aliphatic rings. The predicted molar refractivity (Wildman–Crippen MR) is 146 cm³/mol. The lowest BCUT2D eigenvalue weighted by Gasteiger charge is -2.22. The van der Waals surface area contributed by atoms with Crippen molar-refractivity contribution in [3.8, 4) is 11.3 Å². The van der Waals surface area contributed by atoms with Gasteiger partial charge in [-0.3, -0.25) is 0 Å². The van der Waals surface area contributed by atoms with Crippen LogP contribution >= 0.6 is 11.6 Å². The maximum absolute atomic E-state index is 12.8. The van der Waals surface area contributed by atoms with Crippen molar-refractivity contribution in [2.24, 2.45) is 0 Å². The fourth-order valence-electron chi connectivity index (χ4n) is 4.03. The van der Waals surface area contributed by atoms with Crippen molar-refractivity contribution in [3.63, 3.8) is 0 Å². The van der Waals surface area contributed by atoms with Crippen molar-refractivity contribution in [2.75, 3.05) is 57.8 Å². The van der Waals surface area contributed by atoms with Crippen LogP contribution in [-0.4, -0.2) is 80.7 Å². The molecule has 1 N–H and O–H groups in total. The van der Waals surface area contributed by atoms with Crippen LogP contribution in [0.15, 0.2) is 18.2 Å². The zero-order valence-corrected chi connectivity index (χ0v) is 21.2. The molecule has 1 amide bonds. The van der Waals surface area contributed by atoms with Crippen LogP contribution in [0.3, 0.4) is 0 Å². The summed E-state index contributed by atoms with van der Waals surface area (Å²) in [5.74, 6) is 0.634. The van der Waals surface area contributed by atoms with E-state index >= 15 is 0 Å². The Kier molecular flexibility index (Phi) is 12.4. The number of methoxy groups -OCH3 is 1. The molecule has 2 atom stereocenters. The first-order valence-corrected chi connectivity index (χ1v) is 11.8. The summed E-state index contributed by atoms with van der Waals surface area (Å²) in [6.45, 7) is 4.07. The van der Waals surface area contributed by atoms with Gasteiger partial charge in [0.1, 0.15) is 12.5 Å². The average Bonchev–Trinajstić information content (AvgIpc) is 3.24. The fourth-order valence-corrected chi connectivity index (χ4v) is 4.30. The highest BCUT2D eigenvalue weighted by molar-refractivity contribution is 6.33. The third-order valence-corrected chi connectivity index (χ3v) is 6.18. The Balaban J connectivity index is 0.00000324. The molecule has 0 bridgehead atoms. The molecule has 36 heavy (non-hydrogen) atoms. The van der Waals surface area contributed by atoms with E-state index in [0.29, 0.717) is 36.8 Å². The standard InChI is InChI=1S/C24H33ClFN5O3.2CH4/c1-6-18-22(16-9-8-15(30(3)4)12-17(16)25)27-19(7-2)23(28-18)29-20-13-31(24(32)33-5)14-21(20)34-11-10-26;;/h8-9,12,20-21H,6-7,10-11,13-14H2,1-5H3,(H,28,29);2*1H4/t20-,21+;;/m1../s1. The van der Waals surface area contributed by atoms with Gasteiger partial charge in [0.15, 0.2) is 0 Å². The topological polar surface area (TPSA) is 79.8 Å². The molecule has 0 radical (unpaired) electrons. The first kappa shape index (κ1) is 31.4. The van der Waals surface area contributed by atoms with Crippen molar-refractivity contribution in [2.45, 2.75) is 53.7 Å². The number of aryl methyl sites for hydroxylation is 2. The highest BCUT2D eigenvalue weighted by Crippen LogP contribution is 2.33. The molecule has 2 aromatic rings. The maximum atomic E-state index is 12.8. The number of aromatic nitrogens is 2. The maximum Gasteiger partial charge on any atom is 0.409 e. The molecule has 8 nitrogen and oxygen atoms in total. The van der Waals surface area contributed by atoms with Gasteiger partial charge in [-0.05, 0) is 31.0 Å². The number of carbonyl (C=O) groups is 1. The van der Waals surface area contributed by atoms with Crippen molar-refractivity contribution in [3.05, 3.63) is 34.6 Å². The van der Waals surface area contributed by atoms with Gasteiger partial charge in [-0.25, -0.2) is 19.2 Å².